The van der Waals surface area contributed by atoms with Gasteiger partial charge >= 0.3 is 0 Å². The van der Waals surface area contributed by atoms with Gasteiger partial charge in [0.05, 0.1) is 0 Å². The summed E-state index contributed by atoms with van der Waals surface area (Å²) in [4.78, 5) is 37.9. The Morgan fingerprint density at radius 1 is 0.964 bits per heavy atom. The summed E-state index contributed by atoms with van der Waals surface area (Å²) in [6.07, 6.45) is 1.23. The summed E-state index contributed by atoms with van der Waals surface area (Å²) in [5, 5.41) is 6.12. The van der Waals surface area contributed by atoms with E-state index in [9.17, 15) is 14.4 Å². The summed E-state index contributed by atoms with van der Waals surface area (Å²) in [7, 11) is 0. The van der Waals surface area contributed by atoms with E-state index in [-0.39, 0.29) is 23.6 Å². The number of nitrogens with zero attached hydrogens (tertiary/aromatic N) is 1. The third kappa shape index (κ3) is 5.10. The molecule has 0 aliphatic carbocycles. The topological polar surface area (TPSA) is 78.5 Å². The lowest BCUT2D eigenvalue weighted by Gasteiger charge is -2.31. The van der Waals surface area contributed by atoms with Gasteiger partial charge in [-0.05, 0) is 55.3 Å². The van der Waals surface area contributed by atoms with Crippen LogP contribution in [0.5, 0.6) is 0 Å². The number of hydrogen-bond acceptors (Lipinski definition) is 3. The van der Waals surface area contributed by atoms with E-state index in [0.717, 1.165) is 0 Å². The number of carbonyl (C=O) groups excluding carboxylic acids is 3. The molecule has 1 fully saturated rings. The van der Waals surface area contributed by atoms with Crippen LogP contribution in [0.25, 0.3) is 0 Å². The quantitative estimate of drug-likeness (QED) is 0.820. The number of likely N-dealkylation sites (tertiary alicyclic amines) is 1. The third-order valence-electron chi connectivity index (χ3n) is 4.70. The molecule has 2 aromatic rings. The highest BCUT2D eigenvalue weighted by Gasteiger charge is 2.28. The standard InChI is InChI=1S/C21H22ClN3O3/c1-14(26)23-18-5-7-19(8-6-18)24-20(27)15-9-11-25(12-10-15)21(28)16-3-2-4-17(22)13-16/h2-8,13,15H,9-12H2,1H3,(H,23,26)(H,24,27). The van der Waals surface area contributed by atoms with Crippen molar-refractivity contribution in [2.24, 2.45) is 5.92 Å². The van der Waals surface area contributed by atoms with Crippen LogP contribution < -0.4 is 10.6 Å². The van der Waals surface area contributed by atoms with Crippen molar-refractivity contribution < 1.29 is 14.4 Å². The van der Waals surface area contributed by atoms with Gasteiger partial charge in [0.2, 0.25) is 11.8 Å². The van der Waals surface area contributed by atoms with Gasteiger partial charge in [0.25, 0.3) is 5.91 Å². The summed E-state index contributed by atoms with van der Waals surface area (Å²) < 4.78 is 0. The van der Waals surface area contributed by atoms with Crippen LogP contribution in [-0.4, -0.2) is 35.7 Å². The maximum absolute atomic E-state index is 12.6. The van der Waals surface area contributed by atoms with Gasteiger partial charge in [-0.25, -0.2) is 0 Å². The zero-order chi connectivity index (χ0) is 20.1. The van der Waals surface area contributed by atoms with Crippen molar-refractivity contribution in [2.45, 2.75) is 19.8 Å². The Morgan fingerprint density at radius 2 is 1.57 bits per heavy atom. The molecule has 0 spiro atoms. The van der Waals surface area contributed by atoms with Crippen LogP contribution in [0, 0.1) is 5.92 Å². The number of halogens is 1. The minimum absolute atomic E-state index is 0.0536. The van der Waals surface area contributed by atoms with Gasteiger partial charge in [0, 0.05) is 47.9 Å². The van der Waals surface area contributed by atoms with Crippen molar-refractivity contribution >= 4 is 40.7 Å². The number of amides is 3. The first-order chi connectivity index (χ1) is 13.4. The van der Waals surface area contributed by atoms with E-state index in [1.54, 1.807) is 53.4 Å². The fourth-order valence-corrected chi connectivity index (χ4v) is 3.42. The summed E-state index contributed by atoms with van der Waals surface area (Å²) in [6, 6.07) is 13.9. The third-order valence-corrected chi connectivity index (χ3v) is 4.93. The maximum Gasteiger partial charge on any atom is 0.253 e. The molecule has 0 atom stereocenters. The first-order valence-electron chi connectivity index (χ1n) is 9.16. The molecule has 28 heavy (non-hydrogen) atoms. The smallest absolute Gasteiger partial charge is 0.253 e. The van der Waals surface area contributed by atoms with Crippen LogP contribution in [0.3, 0.4) is 0 Å². The van der Waals surface area contributed by atoms with Gasteiger partial charge in [-0.1, -0.05) is 17.7 Å². The molecule has 7 heteroatoms. The van der Waals surface area contributed by atoms with E-state index in [4.69, 9.17) is 11.6 Å². The highest BCUT2D eigenvalue weighted by Crippen LogP contribution is 2.22. The number of nitrogens with one attached hydrogen (secondary N) is 2. The maximum atomic E-state index is 12.6. The summed E-state index contributed by atoms with van der Waals surface area (Å²) in [6.45, 7) is 2.51. The molecule has 1 saturated heterocycles. The molecular formula is C21H22ClN3O3. The first-order valence-corrected chi connectivity index (χ1v) is 9.53. The van der Waals surface area contributed by atoms with Crippen molar-refractivity contribution in [1.82, 2.24) is 4.90 Å². The van der Waals surface area contributed by atoms with Gasteiger partial charge < -0.3 is 15.5 Å². The Morgan fingerprint density at radius 3 is 2.14 bits per heavy atom. The monoisotopic (exact) mass is 399 g/mol. The highest BCUT2D eigenvalue weighted by molar-refractivity contribution is 6.30. The van der Waals surface area contributed by atoms with E-state index in [1.165, 1.54) is 6.92 Å². The van der Waals surface area contributed by atoms with Crippen molar-refractivity contribution in [1.29, 1.82) is 0 Å². The fraction of sp³-hybridized carbons (Fsp3) is 0.286. The van der Waals surface area contributed by atoms with Crippen LogP contribution >= 0.6 is 11.6 Å². The Kier molecular flexibility index (Phi) is 6.31. The molecule has 146 valence electrons. The van der Waals surface area contributed by atoms with E-state index in [0.29, 0.717) is 47.9 Å². The molecule has 2 N–H and O–H groups in total. The van der Waals surface area contributed by atoms with Gasteiger partial charge in [0.1, 0.15) is 0 Å². The van der Waals surface area contributed by atoms with E-state index >= 15 is 0 Å². The Bertz CT molecular complexity index is 875. The average Bonchev–Trinajstić information content (AvgIpc) is 2.68. The van der Waals surface area contributed by atoms with Crippen molar-refractivity contribution in [3.8, 4) is 0 Å². The SMILES string of the molecule is CC(=O)Nc1ccc(NC(=O)C2CCN(C(=O)c3cccc(Cl)c3)CC2)cc1. The Balaban J connectivity index is 1.52. The predicted octanol–water partition coefficient (Wildman–Crippen LogP) is 3.79. The van der Waals surface area contributed by atoms with Gasteiger partial charge in [-0.15, -0.1) is 0 Å². The second-order valence-corrected chi connectivity index (χ2v) is 7.26. The molecular weight excluding hydrogens is 378 g/mol. The molecule has 0 radical (unpaired) electrons. The van der Waals surface area contributed by atoms with Gasteiger partial charge in [-0.3, -0.25) is 14.4 Å². The molecule has 0 saturated carbocycles. The predicted molar refractivity (Wildman–Crippen MR) is 109 cm³/mol. The number of anilines is 2. The lowest BCUT2D eigenvalue weighted by molar-refractivity contribution is -0.121. The molecule has 1 heterocycles. The number of rotatable bonds is 4. The molecule has 2 aromatic carbocycles. The molecule has 0 bridgehead atoms. The van der Waals surface area contributed by atoms with Crippen LogP contribution in [0.2, 0.25) is 5.02 Å². The largest absolute Gasteiger partial charge is 0.339 e. The Labute approximate surface area is 168 Å². The fourth-order valence-electron chi connectivity index (χ4n) is 3.23. The van der Waals surface area contributed by atoms with E-state index in [1.807, 2.05) is 0 Å². The van der Waals surface area contributed by atoms with Gasteiger partial charge in [-0.2, -0.15) is 0 Å². The molecule has 3 amide bonds. The van der Waals surface area contributed by atoms with Crippen molar-refractivity contribution in [3.63, 3.8) is 0 Å². The molecule has 6 nitrogen and oxygen atoms in total. The summed E-state index contributed by atoms with van der Waals surface area (Å²) in [5.74, 6) is -0.397. The zero-order valence-electron chi connectivity index (χ0n) is 15.6. The number of hydrogen-bond donors (Lipinski definition) is 2. The number of carbonyl (C=O) groups is 3. The van der Waals surface area contributed by atoms with E-state index in [2.05, 4.69) is 10.6 Å². The lowest BCUT2D eigenvalue weighted by Crippen LogP contribution is -2.41. The minimum Gasteiger partial charge on any atom is -0.339 e. The van der Waals surface area contributed by atoms with Crippen LogP contribution in [-0.2, 0) is 9.59 Å². The van der Waals surface area contributed by atoms with Crippen LogP contribution in [0.15, 0.2) is 48.5 Å². The first kappa shape index (κ1) is 19.9. The van der Waals surface area contributed by atoms with E-state index < -0.39 is 0 Å². The summed E-state index contributed by atoms with van der Waals surface area (Å²) >= 11 is 5.96. The normalized spacial score (nSPS) is 14.4. The number of benzene rings is 2. The van der Waals surface area contributed by atoms with Crippen molar-refractivity contribution in [3.05, 3.63) is 59.1 Å². The molecule has 3 rings (SSSR count). The summed E-state index contributed by atoms with van der Waals surface area (Å²) in [5.41, 5.74) is 1.92. The average molecular weight is 400 g/mol. The van der Waals surface area contributed by atoms with Gasteiger partial charge in [0.15, 0.2) is 0 Å². The minimum atomic E-state index is -0.143. The molecule has 0 aromatic heterocycles. The second kappa shape index (κ2) is 8.89. The van der Waals surface area contributed by atoms with Crippen molar-refractivity contribution in [2.75, 3.05) is 23.7 Å². The zero-order valence-corrected chi connectivity index (χ0v) is 16.3. The van der Waals surface area contributed by atoms with Crippen LogP contribution in [0.1, 0.15) is 30.1 Å². The second-order valence-electron chi connectivity index (χ2n) is 6.82. The molecule has 1 aliphatic rings. The lowest BCUT2D eigenvalue weighted by atomic mass is 9.95. The molecule has 1 aliphatic heterocycles. The highest BCUT2D eigenvalue weighted by atomic mass is 35.5. The van der Waals surface area contributed by atoms with Crippen LogP contribution in [0.4, 0.5) is 11.4 Å². The molecule has 0 unspecified atom stereocenters. The number of piperidine rings is 1. The Hall–Kier alpha value is -2.86.